The Kier molecular flexibility index (Phi) is 2.89. The van der Waals surface area contributed by atoms with Gasteiger partial charge in [0.15, 0.2) is 0 Å². The van der Waals surface area contributed by atoms with Crippen LogP contribution in [0.3, 0.4) is 0 Å². The van der Waals surface area contributed by atoms with Crippen LogP contribution in [0.2, 0.25) is 0 Å². The Hall–Kier alpha value is -0.0800. The van der Waals surface area contributed by atoms with Gasteiger partial charge in [0.2, 0.25) is 0 Å². The SMILES string of the molecule is CC1CC(N2CCCCC2C)CN1. The monoisotopic (exact) mass is 182 g/mol. The van der Waals surface area contributed by atoms with Gasteiger partial charge in [-0.2, -0.15) is 0 Å². The highest BCUT2D eigenvalue weighted by atomic mass is 15.2. The quantitative estimate of drug-likeness (QED) is 0.663. The van der Waals surface area contributed by atoms with Gasteiger partial charge in [-0.05, 0) is 39.7 Å². The highest BCUT2D eigenvalue weighted by molar-refractivity contribution is 4.89. The molecular weight excluding hydrogens is 160 g/mol. The summed E-state index contributed by atoms with van der Waals surface area (Å²) in [4.78, 5) is 2.72. The third-order valence-electron chi connectivity index (χ3n) is 3.65. The summed E-state index contributed by atoms with van der Waals surface area (Å²) in [6, 6.07) is 2.38. The van der Waals surface area contributed by atoms with Gasteiger partial charge in [-0.1, -0.05) is 6.42 Å². The Morgan fingerprint density at radius 2 is 2.08 bits per heavy atom. The minimum Gasteiger partial charge on any atom is -0.313 e. The highest BCUT2D eigenvalue weighted by Gasteiger charge is 2.30. The van der Waals surface area contributed by atoms with E-state index >= 15 is 0 Å². The van der Waals surface area contributed by atoms with Gasteiger partial charge in [-0.15, -0.1) is 0 Å². The Morgan fingerprint density at radius 3 is 2.69 bits per heavy atom. The largest absolute Gasteiger partial charge is 0.313 e. The molecule has 2 saturated heterocycles. The van der Waals surface area contributed by atoms with E-state index in [0.717, 1.165) is 18.1 Å². The van der Waals surface area contributed by atoms with E-state index in [0.29, 0.717) is 0 Å². The third-order valence-corrected chi connectivity index (χ3v) is 3.65. The average Bonchev–Trinajstić information content (AvgIpc) is 2.53. The second kappa shape index (κ2) is 3.97. The fraction of sp³-hybridized carbons (Fsp3) is 1.00. The number of hydrogen-bond acceptors (Lipinski definition) is 2. The maximum atomic E-state index is 3.55. The van der Waals surface area contributed by atoms with Gasteiger partial charge in [-0.25, -0.2) is 0 Å². The van der Waals surface area contributed by atoms with Crippen LogP contribution in [0.15, 0.2) is 0 Å². The zero-order valence-corrected chi connectivity index (χ0v) is 8.92. The van der Waals surface area contributed by atoms with Crippen LogP contribution in [0.1, 0.15) is 39.5 Å². The van der Waals surface area contributed by atoms with Crippen LogP contribution in [0.25, 0.3) is 0 Å². The van der Waals surface area contributed by atoms with Gasteiger partial charge < -0.3 is 5.32 Å². The minimum absolute atomic E-state index is 0.735. The second-order valence-electron chi connectivity index (χ2n) is 4.78. The summed E-state index contributed by atoms with van der Waals surface area (Å²) >= 11 is 0. The fourth-order valence-corrected chi connectivity index (χ4v) is 2.83. The molecule has 0 radical (unpaired) electrons. The van der Waals surface area contributed by atoms with Crippen molar-refractivity contribution in [2.75, 3.05) is 13.1 Å². The summed E-state index contributed by atoms with van der Waals surface area (Å²) in [5.41, 5.74) is 0. The zero-order chi connectivity index (χ0) is 9.26. The van der Waals surface area contributed by atoms with E-state index in [4.69, 9.17) is 0 Å². The molecule has 2 heteroatoms. The molecule has 0 aliphatic carbocycles. The Bertz CT molecular complexity index is 169. The molecule has 2 nitrogen and oxygen atoms in total. The maximum absolute atomic E-state index is 3.55. The van der Waals surface area contributed by atoms with Gasteiger partial charge in [0.25, 0.3) is 0 Å². The lowest BCUT2D eigenvalue weighted by Crippen LogP contribution is -2.45. The molecule has 3 atom stereocenters. The third kappa shape index (κ3) is 2.05. The lowest BCUT2D eigenvalue weighted by molar-refractivity contribution is 0.113. The van der Waals surface area contributed by atoms with Crippen molar-refractivity contribution in [3.63, 3.8) is 0 Å². The summed E-state index contributed by atoms with van der Waals surface area (Å²) in [5, 5.41) is 3.55. The van der Waals surface area contributed by atoms with Crippen molar-refractivity contribution in [3.05, 3.63) is 0 Å². The van der Waals surface area contributed by atoms with Gasteiger partial charge >= 0.3 is 0 Å². The van der Waals surface area contributed by atoms with Gasteiger partial charge in [0.1, 0.15) is 0 Å². The van der Waals surface area contributed by atoms with Crippen LogP contribution in [0.5, 0.6) is 0 Å². The molecule has 0 aromatic rings. The highest BCUT2D eigenvalue weighted by Crippen LogP contribution is 2.23. The first-order valence-corrected chi connectivity index (χ1v) is 5.76. The molecule has 0 bridgehead atoms. The van der Waals surface area contributed by atoms with Crippen molar-refractivity contribution in [2.24, 2.45) is 0 Å². The van der Waals surface area contributed by atoms with Crippen LogP contribution in [0.4, 0.5) is 0 Å². The Labute approximate surface area is 81.7 Å². The number of nitrogens with one attached hydrogen (secondary N) is 1. The lowest BCUT2D eigenvalue weighted by Gasteiger charge is -2.37. The molecular formula is C11H22N2. The molecule has 3 unspecified atom stereocenters. The normalized spacial score (nSPS) is 42.5. The van der Waals surface area contributed by atoms with Crippen LogP contribution in [-0.4, -0.2) is 36.1 Å². The number of hydrogen-bond donors (Lipinski definition) is 1. The van der Waals surface area contributed by atoms with E-state index in [1.807, 2.05) is 0 Å². The molecule has 0 spiro atoms. The van der Waals surface area contributed by atoms with E-state index < -0.39 is 0 Å². The molecule has 0 aromatic carbocycles. The Morgan fingerprint density at radius 1 is 1.23 bits per heavy atom. The van der Waals surface area contributed by atoms with Crippen molar-refractivity contribution in [3.8, 4) is 0 Å². The number of likely N-dealkylation sites (tertiary alicyclic amines) is 1. The topological polar surface area (TPSA) is 15.3 Å². The zero-order valence-electron chi connectivity index (χ0n) is 8.92. The van der Waals surface area contributed by atoms with E-state index in [9.17, 15) is 0 Å². The molecule has 1 N–H and O–H groups in total. The molecule has 2 rings (SSSR count). The first-order chi connectivity index (χ1) is 6.27. The molecule has 2 aliphatic heterocycles. The lowest BCUT2D eigenvalue weighted by atomic mass is 10.00. The molecule has 2 aliphatic rings. The van der Waals surface area contributed by atoms with Crippen LogP contribution in [-0.2, 0) is 0 Å². The summed E-state index contributed by atoms with van der Waals surface area (Å²) < 4.78 is 0. The predicted octanol–water partition coefficient (Wildman–Crippen LogP) is 1.61. The summed E-state index contributed by atoms with van der Waals surface area (Å²) in [6.07, 6.45) is 5.61. The van der Waals surface area contributed by atoms with Crippen LogP contribution < -0.4 is 5.32 Å². The summed E-state index contributed by atoms with van der Waals surface area (Å²) in [7, 11) is 0. The average molecular weight is 182 g/mol. The summed E-state index contributed by atoms with van der Waals surface area (Å²) in [5.74, 6) is 0. The van der Waals surface area contributed by atoms with Crippen LogP contribution >= 0.6 is 0 Å². The molecule has 0 amide bonds. The second-order valence-corrected chi connectivity index (χ2v) is 4.78. The van der Waals surface area contributed by atoms with Crippen molar-refractivity contribution < 1.29 is 0 Å². The van der Waals surface area contributed by atoms with E-state index in [-0.39, 0.29) is 0 Å². The van der Waals surface area contributed by atoms with Crippen LogP contribution in [0, 0.1) is 0 Å². The van der Waals surface area contributed by atoms with Gasteiger partial charge in [0.05, 0.1) is 0 Å². The van der Waals surface area contributed by atoms with Crippen molar-refractivity contribution in [1.82, 2.24) is 10.2 Å². The van der Waals surface area contributed by atoms with E-state index in [2.05, 4.69) is 24.1 Å². The molecule has 0 aromatic heterocycles. The number of piperidine rings is 1. The fourth-order valence-electron chi connectivity index (χ4n) is 2.83. The van der Waals surface area contributed by atoms with E-state index in [1.54, 1.807) is 0 Å². The van der Waals surface area contributed by atoms with Gasteiger partial charge in [0, 0.05) is 24.7 Å². The number of rotatable bonds is 1. The Balaban J connectivity index is 1.91. The van der Waals surface area contributed by atoms with Gasteiger partial charge in [-0.3, -0.25) is 4.90 Å². The first kappa shape index (κ1) is 9.47. The smallest absolute Gasteiger partial charge is 0.0238 e. The summed E-state index contributed by atoms with van der Waals surface area (Å²) in [6.45, 7) is 7.24. The predicted molar refractivity (Wildman–Crippen MR) is 55.9 cm³/mol. The maximum Gasteiger partial charge on any atom is 0.0238 e. The number of nitrogens with zero attached hydrogens (tertiary/aromatic N) is 1. The van der Waals surface area contributed by atoms with E-state index in [1.165, 1.54) is 38.8 Å². The molecule has 2 fully saturated rings. The standard InChI is InChI=1S/C11H22N2/c1-9-7-11(8-12-9)13-6-4-3-5-10(13)2/h9-12H,3-8H2,1-2H3. The molecule has 13 heavy (non-hydrogen) atoms. The molecule has 76 valence electrons. The minimum atomic E-state index is 0.735. The van der Waals surface area contributed by atoms with Crippen molar-refractivity contribution in [2.45, 2.75) is 57.7 Å². The first-order valence-electron chi connectivity index (χ1n) is 5.76. The van der Waals surface area contributed by atoms with Crippen molar-refractivity contribution in [1.29, 1.82) is 0 Å². The molecule has 2 heterocycles. The van der Waals surface area contributed by atoms with Crippen molar-refractivity contribution >= 4 is 0 Å². The molecule has 0 saturated carbocycles.